The summed E-state index contributed by atoms with van der Waals surface area (Å²) in [4.78, 5) is 37.2. The van der Waals surface area contributed by atoms with Gasteiger partial charge in [-0.2, -0.15) is 0 Å². The summed E-state index contributed by atoms with van der Waals surface area (Å²) in [5.41, 5.74) is 2.80. The second kappa shape index (κ2) is 9.23. The number of carboxylic acids is 1. The summed E-state index contributed by atoms with van der Waals surface area (Å²) in [5, 5.41) is 11.5. The monoisotopic (exact) mass is 396 g/mol. The molecule has 7 heteroatoms. The predicted octanol–water partition coefficient (Wildman–Crippen LogP) is 2.38. The smallest absolute Gasteiger partial charge is 0.341 e. The highest BCUT2D eigenvalue weighted by Crippen LogP contribution is 2.25. The van der Waals surface area contributed by atoms with Crippen molar-refractivity contribution in [3.05, 3.63) is 59.7 Å². The van der Waals surface area contributed by atoms with Crippen LogP contribution in [0.1, 0.15) is 24.5 Å². The lowest BCUT2D eigenvalue weighted by Gasteiger charge is -2.17. The van der Waals surface area contributed by atoms with Gasteiger partial charge in [0.2, 0.25) is 11.8 Å². The summed E-state index contributed by atoms with van der Waals surface area (Å²) in [6.07, 6.45) is 1.12. The second-order valence-corrected chi connectivity index (χ2v) is 6.97. The van der Waals surface area contributed by atoms with Gasteiger partial charge < -0.3 is 20.1 Å². The second-order valence-electron chi connectivity index (χ2n) is 6.97. The number of benzene rings is 2. The number of anilines is 1. The first-order valence-electron chi connectivity index (χ1n) is 9.56. The van der Waals surface area contributed by atoms with Gasteiger partial charge in [0, 0.05) is 25.2 Å². The van der Waals surface area contributed by atoms with Crippen LogP contribution in [0.5, 0.6) is 5.75 Å². The maximum absolute atomic E-state index is 12.5. The molecule has 0 spiro atoms. The summed E-state index contributed by atoms with van der Waals surface area (Å²) in [6, 6.07) is 14.7. The van der Waals surface area contributed by atoms with Gasteiger partial charge in [-0.3, -0.25) is 9.59 Å². The van der Waals surface area contributed by atoms with Crippen LogP contribution in [0.2, 0.25) is 0 Å². The number of amides is 2. The van der Waals surface area contributed by atoms with Gasteiger partial charge in [0.05, 0.1) is 5.92 Å². The Kier molecular flexibility index (Phi) is 6.49. The third-order valence-corrected chi connectivity index (χ3v) is 4.88. The van der Waals surface area contributed by atoms with Gasteiger partial charge in [-0.1, -0.05) is 31.2 Å². The number of aryl methyl sites for hydroxylation is 1. The Labute approximate surface area is 169 Å². The van der Waals surface area contributed by atoms with E-state index in [1.54, 1.807) is 23.1 Å². The number of carbonyl (C=O) groups excluding carboxylic acids is 2. The van der Waals surface area contributed by atoms with Crippen LogP contribution in [-0.4, -0.2) is 36.0 Å². The fourth-order valence-electron chi connectivity index (χ4n) is 3.27. The quantitative estimate of drug-likeness (QED) is 0.714. The van der Waals surface area contributed by atoms with Crippen molar-refractivity contribution in [1.29, 1.82) is 0 Å². The highest BCUT2D eigenvalue weighted by molar-refractivity contribution is 6.00. The number of carbonyl (C=O) groups is 3. The van der Waals surface area contributed by atoms with Crippen molar-refractivity contribution in [3.63, 3.8) is 0 Å². The van der Waals surface area contributed by atoms with E-state index in [2.05, 4.69) is 12.2 Å². The van der Waals surface area contributed by atoms with Crippen LogP contribution < -0.4 is 15.0 Å². The lowest BCUT2D eigenvalue weighted by Crippen LogP contribution is -2.32. The number of rotatable bonds is 8. The topological polar surface area (TPSA) is 95.9 Å². The minimum absolute atomic E-state index is 0.0570. The summed E-state index contributed by atoms with van der Waals surface area (Å²) >= 11 is 0. The van der Waals surface area contributed by atoms with Gasteiger partial charge in [0.25, 0.3) is 0 Å². The number of hydrogen-bond donors (Lipinski definition) is 2. The first-order valence-corrected chi connectivity index (χ1v) is 9.56. The minimum Gasteiger partial charge on any atom is -0.482 e. The van der Waals surface area contributed by atoms with E-state index in [1.165, 1.54) is 5.56 Å². The van der Waals surface area contributed by atoms with Gasteiger partial charge in [0.15, 0.2) is 6.61 Å². The standard InChI is InChI=1S/C22H24N2O5/c1-2-15-6-8-18(9-7-15)24-13-17(11-20(24)25)22(28)23-12-16-4-3-5-19(10-16)29-14-21(26)27/h3-10,17H,2,11-14H2,1H3,(H,23,28)(H,26,27). The Hall–Kier alpha value is -3.35. The van der Waals surface area contributed by atoms with E-state index in [4.69, 9.17) is 9.84 Å². The molecule has 0 saturated carbocycles. The first kappa shape index (κ1) is 20.4. The van der Waals surface area contributed by atoms with Crippen LogP contribution in [-0.2, 0) is 27.3 Å². The van der Waals surface area contributed by atoms with Crippen molar-refractivity contribution in [2.45, 2.75) is 26.3 Å². The zero-order valence-corrected chi connectivity index (χ0v) is 16.3. The third-order valence-electron chi connectivity index (χ3n) is 4.88. The maximum Gasteiger partial charge on any atom is 0.341 e. The average molecular weight is 396 g/mol. The highest BCUT2D eigenvalue weighted by Gasteiger charge is 2.34. The lowest BCUT2D eigenvalue weighted by atomic mass is 10.1. The zero-order chi connectivity index (χ0) is 20.8. The van der Waals surface area contributed by atoms with Crippen LogP contribution in [0.25, 0.3) is 0 Å². The molecule has 0 radical (unpaired) electrons. The molecular weight excluding hydrogens is 372 g/mol. The molecule has 29 heavy (non-hydrogen) atoms. The Morgan fingerprint density at radius 1 is 1.17 bits per heavy atom. The van der Waals surface area contributed by atoms with E-state index < -0.39 is 18.5 Å². The number of ether oxygens (including phenoxy) is 1. The number of nitrogens with one attached hydrogen (secondary N) is 1. The van der Waals surface area contributed by atoms with E-state index in [-0.39, 0.29) is 24.8 Å². The Morgan fingerprint density at radius 2 is 1.93 bits per heavy atom. The summed E-state index contributed by atoms with van der Waals surface area (Å²) in [6.45, 7) is 2.29. The number of aliphatic carboxylic acids is 1. The van der Waals surface area contributed by atoms with Crippen LogP contribution in [0, 0.1) is 5.92 Å². The summed E-state index contributed by atoms with van der Waals surface area (Å²) in [7, 11) is 0. The average Bonchev–Trinajstić information content (AvgIpc) is 3.12. The van der Waals surface area contributed by atoms with Crippen LogP contribution in [0.4, 0.5) is 5.69 Å². The number of nitrogens with zero attached hydrogens (tertiary/aromatic N) is 1. The zero-order valence-electron chi connectivity index (χ0n) is 16.3. The molecule has 2 N–H and O–H groups in total. The molecule has 0 aliphatic carbocycles. The van der Waals surface area contributed by atoms with E-state index >= 15 is 0 Å². The summed E-state index contributed by atoms with van der Waals surface area (Å²) < 4.78 is 5.14. The van der Waals surface area contributed by atoms with Crippen LogP contribution in [0.15, 0.2) is 48.5 Å². The van der Waals surface area contributed by atoms with Crippen molar-refractivity contribution in [2.24, 2.45) is 5.92 Å². The van der Waals surface area contributed by atoms with Crippen molar-refractivity contribution < 1.29 is 24.2 Å². The molecule has 2 aromatic carbocycles. The Morgan fingerprint density at radius 3 is 2.62 bits per heavy atom. The van der Waals surface area contributed by atoms with E-state index in [9.17, 15) is 14.4 Å². The van der Waals surface area contributed by atoms with Gasteiger partial charge in [-0.25, -0.2) is 4.79 Å². The SMILES string of the molecule is CCc1ccc(N2CC(C(=O)NCc3cccc(OCC(=O)O)c3)CC2=O)cc1. The van der Waals surface area contributed by atoms with E-state index in [0.717, 1.165) is 17.7 Å². The molecule has 0 aromatic heterocycles. The molecule has 7 nitrogen and oxygen atoms in total. The number of carboxylic acid groups (broad SMARTS) is 1. The van der Waals surface area contributed by atoms with E-state index in [0.29, 0.717) is 12.3 Å². The first-order chi connectivity index (χ1) is 14.0. The fraction of sp³-hybridized carbons (Fsp3) is 0.318. The molecule has 1 aliphatic rings. The van der Waals surface area contributed by atoms with Gasteiger partial charge in [0.1, 0.15) is 5.75 Å². The van der Waals surface area contributed by atoms with Crippen molar-refractivity contribution in [1.82, 2.24) is 5.32 Å². The molecule has 1 heterocycles. The van der Waals surface area contributed by atoms with Crippen molar-refractivity contribution in [3.8, 4) is 5.75 Å². The molecule has 3 rings (SSSR count). The molecule has 1 atom stereocenters. The molecule has 1 unspecified atom stereocenters. The molecule has 2 aromatic rings. The molecule has 1 aliphatic heterocycles. The fourth-order valence-corrected chi connectivity index (χ4v) is 3.27. The summed E-state index contributed by atoms with van der Waals surface area (Å²) in [5.74, 6) is -1.26. The van der Waals surface area contributed by atoms with Crippen LogP contribution in [0.3, 0.4) is 0 Å². The predicted molar refractivity (Wildman–Crippen MR) is 108 cm³/mol. The minimum atomic E-state index is -1.05. The third kappa shape index (κ3) is 5.34. The molecular formula is C22H24N2O5. The van der Waals surface area contributed by atoms with Gasteiger partial charge in [-0.15, -0.1) is 0 Å². The number of hydrogen-bond acceptors (Lipinski definition) is 4. The molecule has 0 bridgehead atoms. The molecule has 2 amide bonds. The highest BCUT2D eigenvalue weighted by atomic mass is 16.5. The Bertz CT molecular complexity index is 894. The van der Waals surface area contributed by atoms with Crippen molar-refractivity contribution in [2.75, 3.05) is 18.1 Å². The van der Waals surface area contributed by atoms with Crippen LogP contribution >= 0.6 is 0 Å². The van der Waals surface area contributed by atoms with E-state index in [1.807, 2.05) is 30.3 Å². The molecule has 1 fully saturated rings. The van der Waals surface area contributed by atoms with Gasteiger partial charge >= 0.3 is 5.97 Å². The van der Waals surface area contributed by atoms with Crippen molar-refractivity contribution >= 4 is 23.5 Å². The molecule has 152 valence electrons. The Balaban J connectivity index is 1.55. The van der Waals surface area contributed by atoms with Gasteiger partial charge in [-0.05, 0) is 41.8 Å². The normalized spacial score (nSPS) is 16.0. The molecule has 1 saturated heterocycles. The lowest BCUT2D eigenvalue weighted by molar-refractivity contribution is -0.139. The largest absolute Gasteiger partial charge is 0.482 e. The maximum atomic E-state index is 12.5.